The number of hydrogen-bond acceptors (Lipinski definition) is 4. The number of imide groups is 1. The smallest absolute Gasteiger partial charge is 0.417 e. The van der Waals surface area contributed by atoms with Gasteiger partial charge in [-0.25, -0.2) is 9.69 Å². The maximum absolute atomic E-state index is 12.7. The highest BCUT2D eigenvalue weighted by molar-refractivity contribution is 5.97. The van der Waals surface area contributed by atoms with Crippen molar-refractivity contribution < 1.29 is 19.1 Å². The molecule has 0 radical (unpaired) electrons. The molecule has 4 saturated carbocycles. The zero-order chi connectivity index (χ0) is 15.3. The summed E-state index contributed by atoms with van der Waals surface area (Å²) in [4.78, 5) is 36.6. The van der Waals surface area contributed by atoms with Crippen LogP contribution in [0.4, 0.5) is 4.79 Å². The van der Waals surface area contributed by atoms with Gasteiger partial charge in [-0.15, -0.1) is 0 Å². The zero-order valence-corrected chi connectivity index (χ0v) is 12.7. The Bertz CT molecular complexity index is 479. The van der Waals surface area contributed by atoms with Gasteiger partial charge in [0.2, 0.25) is 5.91 Å². The van der Waals surface area contributed by atoms with Gasteiger partial charge in [0, 0.05) is 18.5 Å². The van der Waals surface area contributed by atoms with Gasteiger partial charge in [-0.2, -0.15) is 0 Å². The van der Waals surface area contributed by atoms with Gasteiger partial charge >= 0.3 is 6.09 Å². The monoisotopic (exact) mass is 306 g/mol. The highest BCUT2D eigenvalue weighted by Gasteiger charge is 2.54. The zero-order valence-electron chi connectivity index (χ0n) is 12.7. The van der Waals surface area contributed by atoms with E-state index in [4.69, 9.17) is 0 Å². The van der Waals surface area contributed by atoms with Gasteiger partial charge in [-0.1, -0.05) is 0 Å². The van der Waals surface area contributed by atoms with Crippen LogP contribution in [-0.4, -0.2) is 42.5 Å². The lowest BCUT2D eigenvalue weighted by molar-refractivity contribution is -0.146. The highest BCUT2D eigenvalue weighted by atomic mass is 16.6. The van der Waals surface area contributed by atoms with Crippen LogP contribution in [0.2, 0.25) is 0 Å². The molecular formula is C16H22N2O4. The normalized spacial score (nSPS) is 39.3. The number of amides is 3. The van der Waals surface area contributed by atoms with Gasteiger partial charge in [0.25, 0.3) is 5.91 Å². The summed E-state index contributed by atoms with van der Waals surface area (Å²) < 4.78 is 4.66. The van der Waals surface area contributed by atoms with Crippen molar-refractivity contribution in [3.05, 3.63) is 0 Å². The van der Waals surface area contributed by atoms with E-state index >= 15 is 0 Å². The van der Waals surface area contributed by atoms with E-state index in [-0.39, 0.29) is 30.4 Å². The Morgan fingerprint density at radius 2 is 1.73 bits per heavy atom. The maximum Gasteiger partial charge on any atom is 0.417 e. The van der Waals surface area contributed by atoms with Crippen LogP contribution in [0.3, 0.4) is 0 Å². The van der Waals surface area contributed by atoms with Crippen molar-refractivity contribution in [3.8, 4) is 0 Å². The van der Waals surface area contributed by atoms with E-state index in [1.807, 2.05) is 0 Å². The summed E-state index contributed by atoms with van der Waals surface area (Å²) >= 11 is 0. The molecule has 0 aromatic rings. The summed E-state index contributed by atoms with van der Waals surface area (Å²) in [5.41, 5.74) is -0.176. The van der Waals surface area contributed by atoms with Crippen LogP contribution in [-0.2, 0) is 14.3 Å². The Morgan fingerprint density at radius 1 is 1.14 bits per heavy atom. The molecule has 5 aliphatic rings. The number of carbonyl (C=O) groups is 3. The number of nitrogens with zero attached hydrogens (tertiary/aromatic N) is 1. The van der Waals surface area contributed by atoms with Gasteiger partial charge < -0.3 is 10.1 Å². The second-order valence-corrected chi connectivity index (χ2v) is 7.55. The van der Waals surface area contributed by atoms with Crippen LogP contribution in [0.15, 0.2) is 0 Å². The number of ether oxygens (including phenoxy) is 1. The van der Waals surface area contributed by atoms with Crippen molar-refractivity contribution in [1.29, 1.82) is 0 Å². The Kier molecular flexibility index (Phi) is 3.16. The minimum Gasteiger partial charge on any atom is -0.439 e. The molecule has 5 rings (SSSR count). The Balaban J connectivity index is 1.35. The Labute approximate surface area is 129 Å². The summed E-state index contributed by atoms with van der Waals surface area (Å²) in [6.45, 7) is 0.346. The summed E-state index contributed by atoms with van der Waals surface area (Å²) in [7, 11) is 0. The third-order valence-corrected chi connectivity index (χ3v) is 5.98. The molecule has 120 valence electrons. The summed E-state index contributed by atoms with van der Waals surface area (Å²) in [5, 5.41) is 2.97. The molecule has 0 spiro atoms. The molecule has 0 aromatic carbocycles. The SMILES string of the molecule is O=C1COC(=O)N1CCNC(=O)C12CC3CC(CC(C3)C1)C2. The van der Waals surface area contributed by atoms with Gasteiger partial charge in [-0.05, 0) is 56.3 Å². The van der Waals surface area contributed by atoms with Crippen LogP contribution in [0, 0.1) is 23.2 Å². The second-order valence-electron chi connectivity index (χ2n) is 7.55. The minimum absolute atomic E-state index is 0.131. The fourth-order valence-corrected chi connectivity index (χ4v) is 5.45. The lowest BCUT2D eigenvalue weighted by atomic mass is 9.49. The van der Waals surface area contributed by atoms with Gasteiger partial charge in [-0.3, -0.25) is 9.59 Å². The second kappa shape index (κ2) is 4.96. The molecule has 4 bridgehead atoms. The van der Waals surface area contributed by atoms with E-state index in [0.29, 0.717) is 6.54 Å². The topological polar surface area (TPSA) is 75.7 Å². The van der Waals surface area contributed by atoms with Crippen molar-refractivity contribution in [2.24, 2.45) is 23.2 Å². The first kappa shape index (κ1) is 14.0. The average Bonchev–Trinajstić information content (AvgIpc) is 2.77. The fraction of sp³-hybridized carbons (Fsp3) is 0.812. The molecule has 4 aliphatic carbocycles. The lowest BCUT2D eigenvalue weighted by Crippen LogP contribution is -2.54. The first-order valence-electron chi connectivity index (χ1n) is 8.31. The van der Waals surface area contributed by atoms with Crippen LogP contribution < -0.4 is 5.32 Å². The first-order chi connectivity index (χ1) is 10.6. The van der Waals surface area contributed by atoms with Crippen LogP contribution >= 0.6 is 0 Å². The Morgan fingerprint density at radius 3 is 2.23 bits per heavy atom. The largest absolute Gasteiger partial charge is 0.439 e. The van der Waals surface area contributed by atoms with Crippen molar-refractivity contribution in [2.75, 3.05) is 19.7 Å². The number of cyclic esters (lactones) is 1. The van der Waals surface area contributed by atoms with E-state index in [1.165, 1.54) is 19.3 Å². The van der Waals surface area contributed by atoms with Crippen LogP contribution in [0.25, 0.3) is 0 Å². The summed E-state index contributed by atoms with van der Waals surface area (Å²) in [5.74, 6) is 1.99. The van der Waals surface area contributed by atoms with Gasteiger partial charge in [0.1, 0.15) is 0 Å². The molecule has 22 heavy (non-hydrogen) atoms. The molecule has 0 unspecified atom stereocenters. The maximum atomic E-state index is 12.7. The van der Waals surface area contributed by atoms with E-state index in [9.17, 15) is 14.4 Å². The van der Waals surface area contributed by atoms with E-state index in [0.717, 1.165) is 41.9 Å². The molecule has 6 heteroatoms. The number of rotatable bonds is 4. The van der Waals surface area contributed by atoms with Crippen LogP contribution in [0.5, 0.6) is 0 Å². The van der Waals surface area contributed by atoms with E-state index < -0.39 is 6.09 Å². The molecule has 1 aliphatic heterocycles. The molecule has 1 heterocycles. The van der Waals surface area contributed by atoms with E-state index in [2.05, 4.69) is 10.1 Å². The molecular weight excluding hydrogens is 284 g/mol. The molecule has 0 atom stereocenters. The standard InChI is InChI=1S/C16H22N2O4/c19-13-9-22-15(21)18(13)2-1-17-14(20)16-6-10-3-11(7-16)5-12(4-10)8-16/h10-12H,1-9H2,(H,17,20). The molecule has 1 saturated heterocycles. The van der Waals surface area contributed by atoms with Crippen molar-refractivity contribution in [2.45, 2.75) is 38.5 Å². The first-order valence-corrected chi connectivity index (χ1v) is 8.31. The molecule has 0 aromatic heterocycles. The predicted octanol–water partition coefficient (Wildman–Crippen LogP) is 1.30. The van der Waals surface area contributed by atoms with Crippen molar-refractivity contribution >= 4 is 17.9 Å². The number of hydrogen-bond donors (Lipinski definition) is 1. The molecule has 1 N–H and O–H groups in total. The van der Waals surface area contributed by atoms with Gasteiger partial charge in [0.05, 0.1) is 0 Å². The van der Waals surface area contributed by atoms with Crippen molar-refractivity contribution in [1.82, 2.24) is 10.2 Å². The molecule has 5 fully saturated rings. The third-order valence-electron chi connectivity index (χ3n) is 5.98. The highest BCUT2D eigenvalue weighted by Crippen LogP contribution is 2.60. The average molecular weight is 306 g/mol. The predicted molar refractivity (Wildman–Crippen MR) is 76.7 cm³/mol. The molecule has 6 nitrogen and oxygen atoms in total. The van der Waals surface area contributed by atoms with E-state index in [1.54, 1.807) is 0 Å². The quantitative estimate of drug-likeness (QED) is 0.849. The number of carbonyl (C=O) groups excluding carboxylic acids is 3. The summed E-state index contributed by atoms with van der Waals surface area (Å²) in [6.07, 6.45) is 6.39. The van der Waals surface area contributed by atoms with Crippen molar-refractivity contribution in [3.63, 3.8) is 0 Å². The summed E-state index contributed by atoms with van der Waals surface area (Å²) in [6, 6.07) is 0. The molecule has 3 amide bonds. The Hall–Kier alpha value is -1.59. The third kappa shape index (κ3) is 2.20. The van der Waals surface area contributed by atoms with Gasteiger partial charge in [0.15, 0.2) is 6.61 Å². The van der Waals surface area contributed by atoms with Crippen LogP contribution in [0.1, 0.15) is 38.5 Å². The lowest BCUT2D eigenvalue weighted by Gasteiger charge is -2.55. The fourth-order valence-electron chi connectivity index (χ4n) is 5.45. The minimum atomic E-state index is -0.603. The number of nitrogens with one attached hydrogen (secondary N) is 1.